The van der Waals surface area contributed by atoms with Gasteiger partial charge in [0.1, 0.15) is 12.4 Å². The van der Waals surface area contributed by atoms with Crippen LogP contribution in [0.3, 0.4) is 0 Å². The lowest BCUT2D eigenvalue weighted by Crippen LogP contribution is -2.14. The Hall–Kier alpha value is -1.82. The molecule has 0 fully saturated rings. The number of methoxy groups -OCH3 is 1. The molecule has 0 spiro atoms. The highest BCUT2D eigenvalue weighted by Crippen LogP contribution is 2.28. The summed E-state index contributed by atoms with van der Waals surface area (Å²) in [5.41, 5.74) is 2.02. The summed E-state index contributed by atoms with van der Waals surface area (Å²) < 4.78 is 24.1. The highest BCUT2D eigenvalue weighted by Gasteiger charge is 2.06. The molecule has 0 aliphatic rings. The summed E-state index contributed by atoms with van der Waals surface area (Å²) in [6.45, 7) is 2.30. The first-order chi connectivity index (χ1) is 12.2. The smallest absolute Gasteiger partial charge is 0.161 e. The van der Waals surface area contributed by atoms with E-state index < -0.39 is 0 Å². The molecule has 0 radical (unpaired) electrons. The number of rotatable bonds is 11. The van der Waals surface area contributed by atoms with Gasteiger partial charge in [-0.25, -0.2) is 4.39 Å². The fourth-order valence-corrected chi connectivity index (χ4v) is 2.45. The first kappa shape index (κ1) is 22.2. The summed E-state index contributed by atoms with van der Waals surface area (Å²) in [5, 5.41) is 12.1. The fraction of sp³-hybridized carbons (Fsp3) is 0.400. The fourth-order valence-electron chi connectivity index (χ4n) is 2.45. The molecule has 0 saturated carbocycles. The van der Waals surface area contributed by atoms with Crippen molar-refractivity contribution in [1.29, 1.82) is 0 Å². The van der Waals surface area contributed by atoms with Crippen molar-refractivity contribution in [2.45, 2.75) is 32.4 Å². The van der Waals surface area contributed by atoms with E-state index in [1.165, 1.54) is 12.1 Å². The number of aliphatic hydroxyl groups excluding tert-OH is 1. The van der Waals surface area contributed by atoms with Crippen LogP contribution in [0.15, 0.2) is 42.5 Å². The zero-order valence-electron chi connectivity index (χ0n) is 15.0. The monoisotopic (exact) mass is 383 g/mol. The van der Waals surface area contributed by atoms with Gasteiger partial charge in [0.25, 0.3) is 0 Å². The SMILES string of the molecule is COc1cc(CNCCCCCO)ccc1OCc1ccc(F)cc1.Cl. The van der Waals surface area contributed by atoms with E-state index in [4.69, 9.17) is 14.6 Å². The Labute approximate surface area is 160 Å². The first-order valence-electron chi connectivity index (χ1n) is 8.58. The molecule has 4 nitrogen and oxygen atoms in total. The van der Waals surface area contributed by atoms with Gasteiger partial charge in [0.15, 0.2) is 11.5 Å². The van der Waals surface area contributed by atoms with Crippen molar-refractivity contribution in [3.8, 4) is 11.5 Å². The number of benzene rings is 2. The van der Waals surface area contributed by atoms with E-state index in [-0.39, 0.29) is 24.8 Å². The molecule has 0 aliphatic heterocycles. The molecule has 2 aromatic carbocycles. The minimum Gasteiger partial charge on any atom is -0.493 e. The van der Waals surface area contributed by atoms with Gasteiger partial charge in [-0.3, -0.25) is 0 Å². The van der Waals surface area contributed by atoms with Gasteiger partial charge in [-0.1, -0.05) is 18.2 Å². The molecule has 0 amide bonds. The number of hydrogen-bond acceptors (Lipinski definition) is 4. The molecule has 0 heterocycles. The van der Waals surface area contributed by atoms with E-state index in [0.717, 1.165) is 43.5 Å². The molecular formula is C20H27ClFNO3. The van der Waals surface area contributed by atoms with Crippen molar-refractivity contribution >= 4 is 12.4 Å². The first-order valence-corrected chi connectivity index (χ1v) is 8.58. The van der Waals surface area contributed by atoms with Crippen molar-refractivity contribution in [3.63, 3.8) is 0 Å². The van der Waals surface area contributed by atoms with Crippen LogP contribution < -0.4 is 14.8 Å². The minimum absolute atomic E-state index is 0. The second-order valence-electron chi connectivity index (χ2n) is 5.86. The molecule has 0 aromatic heterocycles. The Morgan fingerprint density at radius 1 is 0.962 bits per heavy atom. The van der Waals surface area contributed by atoms with Gasteiger partial charge < -0.3 is 19.9 Å². The summed E-state index contributed by atoms with van der Waals surface area (Å²) in [6, 6.07) is 12.1. The summed E-state index contributed by atoms with van der Waals surface area (Å²) in [5.74, 6) is 1.09. The van der Waals surface area contributed by atoms with Gasteiger partial charge in [-0.15, -0.1) is 12.4 Å². The summed E-state index contributed by atoms with van der Waals surface area (Å²) >= 11 is 0. The average molecular weight is 384 g/mol. The van der Waals surface area contributed by atoms with Gasteiger partial charge >= 0.3 is 0 Å². The molecule has 0 saturated heterocycles. The maximum Gasteiger partial charge on any atom is 0.161 e. The number of hydrogen-bond donors (Lipinski definition) is 2. The van der Waals surface area contributed by atoms with Crippen molar-refractivity contribution in [2.75, 3.05) is 20.3 Å². The molecule has 2 N–H and O–H groups in total. The van der Waals surface area contributed by atoms with Crippen LogP contribution >= 0.6 is 12.4 Å². The molecule has 144 valence electrons. The van der Waals surface area contributed by atoms with Crippen LogP contribution in [-0.2, 0) is 13.2 Å². The van der Waals surface area contributed by atoms with Crippen LogP contribution in [0.1, 0.15) is 30.4 Å². The molecule has 26 heavy (non-hydrogen) atoms. The third kappa shape index (κ3) is 7.60. The van der Waals surface area contributed by atoms with Crippen LogP contribution in [0.4, 0.5) is 4.39 Å². The summed E-state index contributed by atoms with van der Waals surface area (Å²) in [7, 11) is 1.62. The van der Waals surface area contributed by atoms with Gasteiger partial charge in [0.05, 0.1) is 7.11 Å². The van der Waals surface area contributed by atoms with Crippen LogP contribution in [0.25, 0.3) is 0 Å². The lowest BCUT2D eigenvalue weighted by Gasteiger charge is -2.13. The lowest BCUT2D eigenvalue weighted by molar-refractivity contribution is 0.282. The van der Waals surface area contributed by atoms with Crippen molar-refractivity contribution < 1.29 is 19.0 Å². The molecule has 2 aromatic rings. The number of aliphatic hydroxyl groups is 1. The third-order valence-corrected chi connectivity index (χ3v) is 3.88. The summed E-state index contributed by atoms with van der Waals surface area (Å²) in [4.78, 5) is 0. The standard InChI is InChI=1S/C20H26FNO3.ClH/c1-24-20-13-17(14-22-11-3-2-4-12-23)7-10-19(20)25-15-16-5-8-18(21)9-6-16;/h5-10,13,22-23H,2-4,11-12,14-15H2,1H3;1H. The molecule has 0 bridgehead atoms. The number of halogens is 2. The van der Waals surface area contributed by atoms with E-state index in [2.05, 4.69) is 5.32 Å². The maximum absolute atomic E-state index is 12.9. The highest BCUT2D eigenvalue weighted by molar-refractivity contribution is 5.85. The maximum atomic E-state index is 12.9. The molecule has 0 aliphatic carbocycles. The Balaban J connectivity index is 0.00000338. The zero-order chi connectivity index (χ0) is 17.9. The van der Waals surface area contributed by atoms with Gasteiger partial charge in [0.2, 0.25) is 0 Å². The topological polar surface area (TPSA) is 50.7 Å². The van der Waals surface area contributed by atoms with Crippen LogP contribution in [0.2, 0.25) is 0 Å². The second kappa shape index (κ2) is 12.5. The Bertz CT molecular complexity index is 637. The van der Waals surface area contributed by atoms with E-state index >= 15 is 0 Å². The molecule has 6 heteroatoms. The van der Waals surface area contributed by atoms with E-state index in [1.54, 1.807) is 19.2 Å². The van der Waals surface area contributed by atoms with Gasteiger partial charge in [0, 0.05) is 13.2 Å². The van der Waals surface area contributed by atoms with Crippen LogP contribution in [0.5, 0.6) is 11.5 Å². The normalized spacial score (nSPS) is 10.3. The Morgan fingerprint density at radius 3 is 2.38 bits per heavy atom. The van der Waals surface area contributed by atoms with Crippen molar-refractivity contribution in [3.05, 3.63) is 59.4 Å². The molecular weight excluding hydrogens is 357 g/mol. The predicted molar refractivity (Wildman–Crippen MR) is 104 cm³/mol. The number of unbranched alkanes of at least 4 members (excludes halogenated alkanes) is 2. The predicted octanol–water partition coefficient (Wildman–Crippen LogP) is 4.09. The highest BCUT2D eigenvalue weighted by atomic mass is 35.5. The minimum atomic E-state index is -0.255. The Morgan fingerprint density at radius 2 is 1.69 bits per heavy atom. The number of ether oxygens (including phenoxy) is 2. The summed E-state index contributed by atoms with van der Waals surface area (Å²) in [6.07, 6.45) is 2.94. The quantitative estimate of drug-likeness (QED) is 0.574. The zero-order valence-corrected chi connectivity index (χ0v) is 15.9. The average Bonchev–Trinajstić information content (AvgIpc) is 2.64. The van der Waals surface area contributed by atoms with Gasteiger partial charge in [-0.2, -0.15) is 0 Å². The number of nitrogens with one attached hydrogen (secondary N) is 1. The third-order valence-electron chi connectivity index (χ3n) is 3.88. The van der Waals surface area contributed by atoms with Crippen molar-refractivity contribution in [1.82, 2.24) is 5.32 Å². The van der Waals surface area contributed by atoms with Crippen molar-refractivity contribution in [2.24, 2.45) is 0 Å². The van der Waals surface area contributed by atoms with Crippen LogP contribution in [0, 0.1) is 5.82 Å². The van der Waals surface area contributed by atoms with Crippen LogP contribution in [-0.4, -0.2) is 25.4 Å². The Kier molecular flexibility index (Phi) is 10.7. The second-order valence-corrected chi connectivity index (χ2v) is 5.86. The van der Waals surface area contributed by atoms with E-state index in [9.17, 15) is 4.39 Å². The molecule has 0 atom stereocenters. The lowest BCUT2D eigenvalue weighted by atomic mass is 10.2. The van der Waals surface area contributed by atoms with E-state index in [0.29, 0.717) is 18.1 Å². The van der Waals surface area contributed by atoms with E-state index in [1.807, 2.05) is 18.2 Å². The largest absolute Gasteiger partial charge is 0.493 e. The molecule has 0 unspecified atom stereocenters. The van der Waals surface area contributed by atoms with Gasteiger partial charge in [-0.05, 0) is 61.2 Å². The molecule has 2 rings (SSSR count).